The molecule has 140 valence electrons. The number of amides is 1. The molecular weight excluding hydrogens is 360 g/mol. The highest BCUT2D eigenvalue weighted by atomic mass is 19.1. The van der Waals surface area contributed by atoms with Gasteiger partial charge in [-0.2, -0.15) is 0 Å². The van der Waals surface area contributed by atoms with Crippen LogP contribution in [-0.2, 0) is 11.2 Å². The maximum Gasteiger partial charge on any atom is 0.224 e. The summed E-state index contributed by atoms with van der Waals surface area (Å²) in [4.78, 5) is 19.6. The fraction of sp³-hybridized carbons (Fsp3) is 0.0909. The molecule has 0 spiro atoms. The zero-order valence-electron chi connectivity index (χ0n) is 14.9. The van der Waals surface area contributed by atoms with E-state index >= 15 is 0 Å². The molecule has 0 aliphatic rings. The Kier molecular flexibility index (Phi) is 4.85. The number of benzene rings is 2. The van der Waals surface area contributed by atoms with Gasteiger partial charge in [0.15, 0.2) is 0 Å². The van der Waals surface area contributed by atoms with Crippen molar-refractivity contribution in [2.45, 2.75) is 12.8 Å². The highest BCUT2D eigenvalue weighted by Gasteiger charge is 2.09. The van der Waals surface area contributed by atoms with E-state index in [0.717, 1.165) is 39.9 Å². The topological polar surface area (TPSA) is 57.8 Å². The quantitative estimate of drug-likeness (QED) is 0.510. The number of aromatic amines is 1. The number of hydrogen-bond acceptors (Lipinski definition) is 2. The third-order valence-electron chi connectivity index (χ3n) is 4.51. The van der Waals surface area contributed by atoms with Crippen LogP contribution < -0.4 is 5.32 Å². The number of aromatic nitrogens is 2. The molecule has 2 aromatic heterocycles. The van der Waals surface area contributed by atoms with E-state index in [0.29, 0.717) is 6.42 Å². The number of hydrogen-bond donors (Lipinski definition) is 2. The first kappa shape index (κ1) is 17.9. The van der Waals surface area contributed by atoms with Gasteiger partial charge in [0.05, 0.1) is 5.69 Å². The number of pyridine rings is 1. The summed E-state index contributed by atoms with van der Waals surface area (Å²) in [7, 11) is 0. The molecule has 2 heterocycles. The zero-order chi connectivity index (χ0) is 19.5. The summed E-state index contributed by atoms with van der Waals surface area (Å²) in [5.74, 6) is -1.80. The first-order valence-corrected chi connectivity index (χ1v) is 8.86. The van der Waals surface area contributed by atoms with Gasteiger partial charge in [0.1, 0.15) is 17.3 Å². The van der Waals surface area contributed by atoms with Crippen LogP contribution in [0.15, 0.2) is 67.0 Å². The van der Waals surface area contributed by atoms with E-state index in [4.69, 9.17) is 0 Å². The molecule has 0 saturated carbocycles. The minimum atomic E-state index is -0.789. The van der Waals surface area contributed by atoms with E-state index in [1.165, 1.54) is 6.07 Å². The number of rotatable bonds is 5. The van der Waals surface area contributed by atoms with Crippen LogP contribution in [0.5, 0.6) is 0 Å². The zero-order valence-corrected chi connectivity index (χ0v) is 14.9. The monoisotopic (exact) mass is 377 g/mol. The van der Waals surface area contributed by atoms with Crippen LogP contribution in [0.25, 0.3) is 22.2 Å². The SMILES string of the molecule is O=C(CCc1cccc(-c2cnc3[nH]ccc3c2)c1)Nc1ccc(F)cc1F. The number of nitrogens with zero attached hydrogens (tertiary/aromatic N) is 1. The van der Waals surface area contributed by atoms with Gasteiger partial charge in [0.25, 0.3) is 0 Å². The molecule has 0 radical (unpaired) electrons. The van der Waals surface area contributed by atoms with Crippen molar-refractivity contribution in [2.24, 2.45) is 0 Å². The standard InChI is InChI=1S/C22H17F2N3O/c23-18-5-6-20(19(24)12-18)27-21(28)7-4-14-2-1-3-15(10-14)17-11-16-8-9-25-22(16)26-13-17/h1-3,5-6,8-13H,4,7H2,(H,25,26)(H,27,28). The molecule has 0 aliphatic carbocycles. The summed E-state index contributed by atoms with van der Waals surface area (Å²) in [6, 6.07) is 15.0. The van der Waals surface area contributed by atoms with Crippen molar-refractivity contribution in [3.05, 3.63) is 84.2 Å². The Morgan fingerprint density at radius 1 is 1.04 bits per heavy atom. The van der Waals surface area contributed by atoms with E-state index in [2.05, 4.69) is 21.4 Å². The molecule has 0 unspecified atom stereocenters. The van der Waals surface area contributed by atoms with Gasteiger partial charge in [-0.1, -0.05) is 24.3 Å². The second-order valence-electron chi connectivity index (χ2n) is 6.51. The lowest BCUT2D eigenvalue weighted by molar-refractivity contribution is -0.116. The molecule has 4 nitrogen and oxygen atoms in total. The Labute approximate surface area is 160 Å². The van der Waals surface area contributed by atoms with Crippen LogP contribution in [0.1, 0.15) is 12.0 Å². The number of H-pyrrole nitrogens is 1. The molecule has 0 aliphatic heterocycles. The Hall–Kier alpha value is -3.54. The van der Waals surface area contributed by atoms with Crippen molar-refractivity contribution < 1.29 is 13.6 Å². The fourth-order valence-electron chi connectivity index (χ4n) is 3.07. The molecule has 4 rings (SSSR count). The van der Waals surface area contributed by atoms with E-state index < -0.39 is 11.6 Å². The number of anilines is 1. The predicted octanol–water partition coefficient (Wildman–Crippen LogP) is 5.08. The van der Waals surface area contributed by atoms with Gasteiger partial charge < -0.3 is 10.3 Å². The number of halogens is 2. The average molecular weight is 377 g/mol. The second kappa shape index (κ2) is 7.60. The van der Waals surface area contributed by atoms with Crippen molar-refractivity contribution in [2.75, 3.05) is 5.32 Å². The van der Waals surface area contributed by atoms with Crippen molar-refractivity contribution >= 4 is 22.6 Å². The second-order valence-corrected chi connectivity index (χ2v) is 6.51. The lowest BCUT2D eigenvalue weighted by Gasteiger charge is -2.08. The van der Waals surface area contributed by atoms with Gasteiger partial charge in [-0.3, -0.25) is 4.79 Å². The smallest absolute Gasteiger partial charge is 0.224 e. The minimum Gasteiger partial charge on any atom is -0.346 e. The van der Waals surface area contributed by atoms with Gasteiger partial charge in [0, 0.05) is 35.8 Å². The van der Waals surface area contributed by atoms with Crippen molar-refractivity contribution in [3.8, 4) is 11.1 Å². The van der Waals surface area contributed by atoms with Gasteiger partial charge in [-0.05, 0) is 41.8 Å². The summed E-state index contributed by atoms with van der Waals surface area (Å²) >= 11 is 0. The lowest BCUT2D eigenvalue weighted by atomic mass is 10.0. The summed E-state index contributed by atoms with van der Waals surface area (Å²) in [6.07, 6.45) is 4.35. The summed E-state index contributed by atoms with van der Waals surface area (Å²) in [6.45, 7) is 0. The Balaban J connectivity index is 1.43. The Bertz CT molecular complexity index is 1150. The van der Waals surface area contributed by atoms with Crippen LogP contribution in [-0.4, -0.2) is 15.9 Å². The third kappa shape index (κ3) is 3.91. The first-order chi connectivity index (χ1) is 13.6. The molecule has 6 heteroatoms. The number of fused-ring (bicyclic) bond motifs is 1. The van der Waals surface area contributed by atoms with Crippen LogP contribution >= 0.6 is 0 Å². The average Bonchev–Trinajstić information content (AvgIpc) is 3.17. The lowest BCUT2D eigenvalue weighted by Crippen LogP contribution is -2.13. The number of nitrogens with one attached hydrogen (secondary N) is 2. The largest absolute Gasteiger partial charge is 0.346 e. The molecule has 2 aromatic carbocycles. The van der Waals surface area contributed by atoms with Crippen LogP contribution in [0.3, 0.4) is 0 Å². The van der Waals surface area contributed by atoms with E-state index in [9.17, 15) is 13.6 Å². The molecule has 1 amide bonds. The Morgan fingerprint density at radius 2 is 1.93 bits per heavy atom. The molecule has 2 N–H and O–H groups in total. The van der Waals surface area contributed by atoms with Gasteiger partial charge >= 0.3 is 0 Å². The summed E-state index contributed by atoms with van der Waals surface area (Å²) in [5, 5.41) is 3.51. The highest BCUT2D eigenvalue weighted by molar-refractivity contribution is 5.91. The van der Waals surface area contributed by atoms with Gasteiger partial charge in [0.2, 0.25) is 5.91 Å². The van der Waals surface area contributed by atoms with Crippen molar-refractivity contribution in [1.82, 2.24) is 9.97 Å². The summed E-state index contributed by atoms with van der Waals surface area (Å²) in [5.41, 5.74) is 3.81. The molecule has 28 heavy (non-hydrogen) atoms. The Morgan fingerprint density at radius 3 is 2.79 bits per heavy atom. The third-order valence-corrected chi connectivity index (χ3v) is 4.51. The molecule has 0 bridgehead atoms. The number of aryl methyl sites for hydroxylation is 1. The van der Waals surface area contributed by atoms with Crippen molar-refractivity contribution in [1.29, 1.82) is 0 Å². The normalized spacial score (nSPS) is 10.9. The molecule has 0 atom stereocenters. The van der Waals surface area contributed by atoms with Crippen LogP contribution in [0.2, 0.25) is 0 Å². The predicted molar refractivity (Wildman–Crippen MR) is 105 cm³/mol. The minimum absolute atomic E-state index is 0.0222. The molecule has 4 aromatic rings. The number of carbonyl (C=O) groups excluding carboxylic acids is 1. The van der Waals surface area contributed by atoms with Gasteiger partial charge in [-0.15, -0.1) is 0 Å². The molecule has 0 saturated heterocycles. The first-order valence-electron chi connectivity index (χ1n) is 8.86. The highest BCUT2D eigenvalue weighted by Crippen LogP contribution is 2.24. The maximum atomic E-state index is 13.6. The van der Waals surface area contributed by atoms with Crippen molar-refractivity contribution in [3.63, 3.8) is 0 Å². The van der Waals surface area contributed by atoms with Crippen LogP contribution in [0.4, 0.5) is 14.5 Å². The molecule has 0 fully saturated rings. The van der Waals surface area contributed by atoms with E-state index in [1.54, 1.807) is 0 Å². The fourth-order valence-corrected chi connectivity index (χ4v) is 3.07. The summed E-state index contributed by atoms with van der Waals surface area (Å²) < 4.78 is 26.6. The number of carbonyl (C=O) groups is 1. The van der Waals surface area contributed by atoms with Gasteiger partial charge in [-0.25, -0.2) is 13.8 Å². The van der Waals surface area contributed by atoms with E-state index in [1.807, 2.05) is 42.7 Å². The maximum absolute atomic E-state index is 13.6. The van der Waals surface area contributed by atoms with Crippen LogP contribution in [0, 0.1) is 11.6 Å². The molecular formula is C22H17F2N3O. The van der Waals surface area contributed by atoms with E-state index in [-0.39, 0.29) is 18.0 Å².